The van der Waals surface area contributed by atoms with E-state index in [9.17, 15) is 0 Å². The van der Waals surface area contributed by atoms with Crippen LogP contribution in [0, 0.1) is 0 Å². The Balaban J connectivity index is 2.00. The first kappa shape index (κ1) is 18.0. The van der Waals surface area contributed by atoms with Gasteiger partial charge in [-0.15, -0.1) is 0 Å². The first-order valence-electron chi connectivity index (χ1n) is 7.67. The predicted molar refractivity (Wildman–Crippen MR) is 94.0 cm³/mol. The van der Waals surface area contributed by atoms with Crippen LogP contribution in [0.2, 0.25) is 0 Å². The number of benzene rings is 2. The van der Waals surface area contributed by atoms with Gasteiger partial charge in [-0.3, -0.25) is 4.99 Å². The Bertz CT molecular complexity index is 639. The minimum atomic E-state index is -0.336. The second-order valence-electron chi connectivity index (χ2n) is 5.08. The van der Waals surface area contributed by atoms with Crippen molar-refractivity contribution < 1.29 is 18.9 Å². The molecular formula is C19H23NO4. The smallest absolute Gasteiger partial charge is 0.176 e. The van der Waals surface area contributed by atoms with Crippen LogP contribution in [-0.4, -0.2) is 40.4 Å². The first-order valence-corrected chi connectivity index (χ1v) is 7.67. The molecule has 0 heterocycles. The molecule has 5 heteroatoms. The summed E-state index contributed by atoms with van der Waals surface area (Å²) < 4.78 is 21.4. The zero-order valence-corrected chi connectivity index (χ0v) is 14.3. The van der Waals surface area contributed by atoms with E-state index in [2.05, 4.69) is 4.99 Å². The van der Waals surface area contributed by atoms with Crippen LogP contribution in [0.3, 0.4) is 0 Å². The third-order valence-electron chi connectivity index (χ3n) is 3.45. The number of hydrogen-bond acceptors (Lipinski definition) is 5. The van der Waals surface area contributed by atoms with Crippen LogP contribution in [0.5, 0.6) is 11.5 Å². The molecular weight excluding hydrogens is 306 g/mol. The van der Waals surface area contributed by atoms with Gasteiger partial charge < -0.3 is 18.9 Å². The summed E-state index contributed by atoms with van der Waals surface area (Å²) in [4.78, 5) is 4.31. The maximum atomic E-state index is 5.84. The molecule has 0 atom stereocenters. The molecule has 0 unspecified atom stereocenters. The van der Waals surface area contributed by atoms with Crippen molar-refractivity contribution in [1.82, 2.24) is 0 Å². The Morgan fingerprint density at radius 2 is 1.71 bits per heavy atom. The second-order valence-corrected chi connectivity index (χ2v) is 5.08. The van der Waals surface area contributed by atoms with Crippen molar-refractivity contribution in [3.05, 3.63) is 59.7 Å². The topological polar surface area (TPSA) is 49.3 Å². The van der Waals surface area contributed by atoms with Gasteiger partial charge in [0.1, 0.15) is 6.61 Å². The highest BCUT2D eigenvalue weighted by Crippen LogP contribution is 2.28. The molecule has 0 aliphatic carbocycles. The van der Waals surface area contributed by atoms with Crippen LogP contribution >= 0.6 is 0 Å². The van der Waals surface area contributed by atoms with Gasteiger partial charge in [0.05, 0.1) is 13.7 Å². The minimum Gasteiger partial charge on any atom is -0.493 e. The lowest BCUT2D eigenvalue weighted by Crippen LogP contribution is -2.16. The van der Waals surface area contributed by atoms with Gasteiger partial charge in [-0.25, -0.2) is 0 Å². The van der Waals surface area contributed by atoms with E-state index in [1.54, 1.807) is 27.5 Å². The summed E-state index contributed by atoms with van der Waals surface area (Å²) in [6, 6.07) is 15.7. The van der Waals surface area contributed by atoms with Crippen LogP contribution in [0.1, 0.15) is 11.1 Å². The Morgan fingerprint density at radius 3 is 2.38 bits per heavy atom. The summed E-state index contributed by atoms with van der Waals surface area (Å²) in [5.74, 6) is 1.37. The summed E-state index contributed by atoms with van der Waals surface area (Å²) in [7, 11) is 4.80. The highest BCUT2D eigenvalue weighted by atomic mass is 16.7. The van der Waals surface area contributed by atoms with Crippen molar-refractivity contribution in [3.8, 4) is 11.5 Å². The Kier molecular flexibility index (Phi) is 7.26. The molecule has 0 N–H and O–H groups in total. The summed E-state index contributed by atoms with van der Waals surface area (Å²) in [6.07, 6.45) is 1.42. The molecule has 2 aromatic rings. The molecule has 2 rings (SSSR count). The SMILES string of the molecule is COc1cc(/C=N/CC(OC)OC)ccc1OCc1ccccc1. The zero-order valence-electron chi connectivity index (χ0n) is 14.3. The molecule has 0 bridgehead atoms. The summed E-state index contributed by atoms with van der Waals surface area (Å²) in [5.41, 5.74) is 2.03. The summed E-state index contributed by atoms with van der Waals surface area (Å²) in [6.45, 7) is 0.926. The van der Waals surface area contributed by atoms with Gasteiger partial charge in [0.15, 0.2) is 17.8 Å². The van der Waals surface area contributed by atoms with Crippen LogP contribution < -0.4 is 9.47 Å². The lowest BCUT2D eigenvalue weighted by atomic mass is 10.2. The molecule has 2 aromatic carbocycles. The Labute approximate surface area is 142 Å². The largest absolute Gasteiger partial charge is 0.493 e. The van der Waals surface area contributed by atoms with E-state index in [-0.39, 0.29) is 6.29 Å². The summed E-state index contributed by atoms with van der Waals surface area (Å²) in [5, 5.41) is 0. The predicted octanol–water partition coefficient (Wildman–Crippen LogP) is 3.31. The van der Waals surface area contributed by atoms with Gasteiger partial charge in [0, 0.05) is 20.4 Å². The second kappa shape index (κ2) is 9.70. The third-order valence-corrected chi connectivity index (χ3v) is 3.45. The van der Waals surface area contributed by atoms with Crippen molar-refractivity contribution in [1.29, 1.82) is 0 Å². The molecule has 0 aliphatic rings. The van der Waals surface area contributed by atoms with E-state index in [1.165, 1.54) is 0 Å². The first-order chi connectivity index (χ1) is 11.8. The summed E-state index contributed by atoms with van der Waals surface area (Å²) >= 11 is 0. The van der Waals surface area contributed by atoms with Crippen LogP contribution in [0.4, 0.5) is 0 Å². The molecule has 0 radical (unpaired) electrons. The van der Waals surface area contributed by atoms with E-state index < -0.39 is 0 Å². The molecule has 0 fully saturated rings. The third kappa shape index (κ3) is 5.37. The fourth-order valence-corrected chi connectivity index (χ4v) is 2.11. The lowest BCUT2D eigenvalue weighted by molar-refractivity contribution is -0.0936. The van der Waals surface area contributed by atoms with Gasteiger partial charge in [-0.2, -0.15) is 0 Å². The van der Waals surface area contributed by atoms with E-state index in [0.717, 1.165) is 11.1 Å². The Hall–Kier alpha value is -2.37. The molecule has 128 valence electrons. The molecule has 24 heavy (non-hydrogen) atoms. The highest BCUT2D eigenvalue weighted by Gasteiger charge is 2.06. The average molecular weight is 329 g/mol. The van der Waals surface area contributed by atoms with Crippen LogP contribution in [0.25, 0.3) is 0 Å². The van der Waals surface area contributed by atoms with E-state index in [1.807, 2.05) is 48.5 Å². The minimum absolute atomic E-state index is 0.336. The molecule has 5 nitrogen and oxygen atoms in total. The Morgan fingerprint density at radius 1 is 0.958 bits per heavy atom. The van der Waals surface area contributed by atoms with E-state index in [0.29, 0.717) is 24.7 Å². The monoisotopic (exact) mass is 329 g/mol. The quantitative estimate of drug-likeness (QED) is 0.523. The maximum absolute atomic E-state index is 5.84. The number of nitrogens with zero attached hydrogens (tertiary/aromatic N) is 1. The van der Waals surface area contributed by atoms with Crippen molar-refractivity contribution >= 4 is 6.21 Å². The van der Waals surface area contributed by atoms with Gasteiger partial charge in [0.2, 0.25) is 0 Å². The standard InChI is InChI=1S/C19H23NO4/c1-21-18-11-16(12-20-13-19(22-2)23-3)9-10-17(18)24-14-15-7-5-4-6-8-15/h4-12,19H,13-14H2,1-3H3/b20-12+. The van der Waals surface area contributed by atoms with Gasteiger partial charge in [0.25, 0.3) is 0 Å². The van der Waals surface area contributed by atoms with Crippen molar-refractivity contribution in [2.75, 3.05) is 27.9 Å². The molecule has 0 amide bonds. The fourth-order valence-electron chi connectivity index (χ4n) is 2.11. The van der Waals surface area contributed by atoms with Crippen LogP contribution in [-0.2, 0) is 16.1 Å². The number of ether oxygens (including phenoxy) is 4. The molecule has 0 saturated heterocycles. The molecule has 0 aromatic heterocycles. The molecule has 0 spiro atoms. The normalized spacial score (nSPS) is 11.2. The van der Waals surface area contributed by atoms with Crippen molar-refractivity contribution in [2.24, 2.45) is 4.99 Å². The number of methoxy groups -OCH3 is 3. The van der Waals surface area contributed by atoms with E-state index >= 15 is 0 Å². The average Bonchev–Trinajstić information content (AvgIpc) is 2.64. The number of rotatable bonds is 9. The zero-order chi connectivity index (χ0) is 17.2. The molecule has 0 saturated carbocycles. The van der Waals surface area contributed by atoms with Gasteiger partial charge in [-0.05, 0) is 29.3 Å². The lowest BCUT2D eigenvalue weighted by Gasteiger charge is -2.12. The van der Waals surface area contributed by atoms with Crippen molar-refractivity contribution in [3.63, 3.8) is 0 Å². The van der Waals surface area contributed by atoms with E-state index in [4.69, 9.17) is 18.9 Å². The highest BCUT2D eigenvalue weighted by molar-refractivity contribution is 5.80. The maximum Gasteiger partial charge on any atom is 0.176 e. The van der Waals surface area contributed by atoms with Gasteiger partial charge >= 0.3 is 0 Å². The number of aliphatic imine (C=N–C) groups is 1. The van der Waals surface area contributed by atoms with Gasteiger partial charge in [-0.1, -0.05) is 30.3 Å². The number of hydrogen-bond donors (Lipinski definition) is 0. The van der Waals surface area contributed by atoms with Crippen LogP contribution in [0.15, 0.2) is 53.5 Å². The fraction of sp³-hybridized carbons (Fsp3) is 0.316. The molecule has 0 aliphatic heterocycles. The van der Waals surface area contributed by atoms with Crippen molar-refractivity contribution in [2.45, 2.75) is 12.9 Å².